The van der Waals surface area contributed by atoms with E-state index >= 15 is 0 Å². The Morgan fingerprint density at radius 3 is 2.23 bits per heavy atom. The van der Waals surface area contributed by atoms with Crippen LogP contribution in [0, 0.1) is 0 Å². The van der Waals surface area contributed by atoms with Crippen LogP contribution in [-0.2, 0) is 17.9 Å². The first-order valence-electron chi connectivity index (χ1n) is 11.5. The molecule has 1 aliphatic rings. The van der Waals surface area contributed by atoms with Crippen molar-refractivity contribution < 1.29 is 19.4 Å². The van der Waals surface area contributed by atoms with Gasteiger partial charge in [-0.05, 0) is 42.7 Å². The van der Waals surface area contributed by atoms with Gasteiger partial charge in [0.25, 0.3) is 11.5 Å². The third-order valence-electron chi connectivity index (χ3n) is 6.22. The number of aromatic nitrogens is 2. The van der Waals surface area contributed by atoms with Crippen LogP contribution in [0.5, 0.6) is 5.75 Å². The summed E-state index contributed by atoms with van der Waals surface area (Å²) in [5.74, 6) is -1.95. The predicted molar refractivity (Wildman–Crippen MR) is 129 cm³/mol. The summed E-state index contributed by atoms with van der Waals surface area (Å²) in [6.07, 6.45) is 3.32. The van der Waals surface area contributed by atoms with Gasteiger partial charge in [-0.25, -0.2) is 9.36 Å². The zero-order valence-electron chi connectivity index (χ0n) is 19.1. The Kier molecular flexibility index (Phi) is 7.45. The Morgan fingerprint density at radius 2 is 1.60 bits per heavy atom. The highest BCUT2D eigenvalue weighted by Crippen LogP contribution is 2.32. The van der Waals surface area contributed by atoms with Crippen molar-refractivity contribution in [3.05, 3.63) is 98.3 Å². The summed E-state index contributed by atoms with van der Waals surface area (Å²) in [6.45, 7) is -0.876. The Labute approximate surface area is 201 Å². The largest absolute Gasteiger partial charge is 0.481 e. The van der Waals surface area contributed by atoms with Crippen LogP contribution >= 0.6 is 0 Å². The second-order valence-corrected chi connectivity index (χ2v) is 8.63. The van der Waals surface area contributed by atoms with Crippen molar-refractivity contribution >= 4 is 11.9 Å². The van der Waals surface area contributed by atoms with Crippen LogP contribution in [0.4, 0.5) is 0 Å². The molecule has 0 bridgehead atoms. The summed E-state index contributed by atoms with van der Waals surface area (Å²) in [4.78, 5) is 52.0. The molecule has 1 heterocycles. The van der Waals surface area contributed by atoms with Gasteiger partial charge in [0.2, 0.25) is 5.75 Å². The number of hydrogen-bond acceptors (Lipinski definition) is 5. The van der Waals surface area contributed by atoms with E-state index in [0.29, 0.717) is 10.5 Å². The van der Waals surface area contributed by atoms with Gasteiger partial charge >= 0.3 is 11.7 Å². The number of benzene rings is 2. The van der Waals surface area contributed by atoms with Gasteiger partial charge in [0.1, 0.15) is 13.2 Å². The van der Waals surface area contributed by atoms with E-state index in [2.05, 4.69) is 22.4 Å². The predicted octanol–water partition coefficient (Wildman–Crippen LogP) is 2.66. The topological polar surface area (TPSA) is 130 Å². The summed E-state index contributed by atoms with van der Waals surface area (Å²) in [5, 5.41) is 12.0. The number of amides is 1. The molecule has 1 saturated carbocycles. The van der Waals surface area contributed by atoms with Gasteiger partial charge in [0.15, 0.2) is 5.69 Å². The third-order valence-corrected chi connectivity index (χ3v) is 6.22. The van der Waals surface area contributed by atoms with Crippen molar-refractivity contribution in [1.29, 1.82) is 0 Å². The molecule has 182 valence electrons. The van der Waals surface area contributed by atoms with E-state index in [9.17, 15) is 19.2 Å². The van der Waals surface area contributed by atoms with E-state index < -0.39 is 29.7 Å². The maximum absolute atomic E-state index is 13.1. The molecule has 9 nitrogen and oxygen atoms in total. The van der Waals surface area contributed by atoms with Gasteiger partial charge in [-0.1, -0.05) is 60.7 Å². The summed E-state index contributed by atoms with van der Waals surface area (Å²) in [7, 11) is 0. The molecule has 2 aromatic carbocycles. The lowest BCUT2D eigenvalue weighted by Gasteiger charge is -2.29. The first-order valence-corrected chi connectivity index (χ1v) is 11.5. The van der Waals surface area contributed by atoms with Gasteiger partial charge in [-0.2, -0.15) is 0 Å². The van der Waals surface area contributed by atoms with Gasteiger partial charge in [-0.3, -0.25) is 19.4 Å². The highest BCUT2D eigenvalue weighted by Gasteiger charge is 2.27. The van der Waals surface area contributed by atoms with E-state index in [-0.39, 0.29) is 24.1 Å². The van der Waals surface area contributed by atoms with Crippen molar-refractivity contribution in [3.8, 4) is 5.75 Å². The molecule has 0 saturated heterocycles. The molecular weight excluding hydrogens is 450 g/mol. The normalized spacial score (nSPS) is 17.5. The van der Waals surface area contributed by atoms with Gasteiger partial charge in [0, 0.05) is 6.04 Å². The number of H-pyrrole nitrogens is 1. The van der Waals surface area contributed by atoms with Gasteiger partial charge in [0.05, 0.1) is 0 Å². The smallest absolute Gasteiger partial charge is 0.329 e. The number of carboxylic acid groups (broad SMARTS) is 1. The van der Waals surface area contributed by atoms with Crippen LogP contribution in [0.25, 0.3) is 0 Å². The van der Waals surface area contributed by atoms with Crippen molar-refractivity contribution in [1.82, 2.24) is 14.9 Å². The number of ether oxygens (including phenoxy) is 1. The van der Waals surface area contributed by atoms with E-state index in [1.807, 2.05) is 24.3 Å². The second-order valence-electron chi connectivity index (χ2n) is 8.63. The van der Waals surface area contributed by atoms with E-state index in [1.54, 1.807) is 24.3 Å². The maximum atomic E-state index is 13.1. The first kappa shape index (κ1) is 24.0. The van der Waals surface area contributed by atoms with Crippen LogP contribution in [-0.4, -0.2) is 32.6 Å². The average molecular weight is 478 g/mol. The zero-order chi connectivity index (χ0) is 24.8. The maximum Gasteiger partial charge on any atom is 0.329 e. The van der Waals surface area contributed by atoms with E-state index in [0.717, 1.165) is 31.2 Å². The van der Waals surface area contributed by atoms with Crippen LogP contribution in [0.1, 0.15) is 53.2 Å². The van der Waals surface area contributed by atoms with Crippen molar-refractivity contribution in [3.63, 3.8) is 0 Å². The second kappa shape index (κ2) is 10.9. The van der Waals surface area contributed by atoms with Gasteiger partial charge in [-0.15, -0.1) is 0 Å². The van der Waals surface area contributed by atoms with Crippen LogP contribution in [0.15, 0.2) is 70.3 Å². The molecule has 0 atom stereocenters. The van der Waals surface area contributed by atoms with Crippen molar-refractivity contribution in [2.45, 2.75) is 50.8 Å². The number of aliphatic carboxylic acids is 1. The highest BCUT2D eigenvalue weighted by atomic mass is 16.5. The lowest BCUT2D eigenvalue weighted by Crippen LogP contribution is -2.43. The molecule has 9 heteroatoms. The monoisotopic (exact) mass is 477 g/mol. The number of carboxylic acids is 1. The number of carbonyl (C=O) groups excluding carboxylic acids is 1. The van der Waals surface area contributed by atoms with E-state index in [1.165, 1.54) is 5.56 Å². The number of nitrogens with zero attached hydrogens (tertiary/aromatic N) is 1. The molecule has 1 fully saturated rings. The highest BCUT2D eigenvalue weighted by molar-refractivity contribution is 5.95. The minimum atomic E-state index is -1.36. The molecule has 1 aliphatic carbocycles. The fourth-order valence-corrected chi connectivity index (χ4v) is 4.41. The zero-order valence-corrected chi connectivity index (χ0v) is 19.1. The Hall–Kier alpha value is -4.14. The lowest BCUT2D eigenvalue weighted by molar-refractivity contribution is -0.137. The number of hydrogen-bond donors (Lipinski definition) is 3. The SMILES string of the molecule is O=C(O)Cn1c(=O)[nH]c(C(=O)NC2CCC(c3ccccc3)CC2)c(OCc2ccccc2)c1=O. The fourth-order valence-electron chi connectivity index (χ4n) is 4.41. The molecule has 4 rings (SSSR count). The molecular formula is C26H27N3O6. The third kappa shape index (κ3) is 5.87. The molecule has 0 aliphatic heterocycles. The quantitative estimate of drug-likeness (QED) is 0.457. The molecule has 3 aromatic rings. The molecule has 0 radical (unpaired) electrons. The van der Waals surface area contributed by atoms with Crippen molar-refractivity contribution in [2.24, 2.45) is 0 Å². The molecule has 0 unspecified atom stereocenters. The Morgan fingerprint density at radius 1 is 0.971 bits per heavy atom. The fraction of sp³-hybridized carbons (Fsp3) is 0.308. The first-order chi connectivity index (χ1) is 16.9. The van der Waals surface area contributed by atoms with Gasteiger partial charge < -0.3 is 15.2 Å². The summed E-state index contributed by atoms with van der Waals surface area (Å²) in [6, 6.07) is 19.1. The minimum absolute atomic E-state index is 0.0301. The molecule has 1 amide bonds. The number of nitrogens with one attached hydrogen (secondary N) is 2. The number of aromatic amines is 1. The van der Waals surface area contributed by atoms with E-state index in [4.69, 9.17) is 9.84 Å². The van der Waals surface area contributed by atoms with Crippen LogP contribution in [0.3, 0.4) is 0 Å². The minimum Gasteiger partial charge on any atom is -0.481 e. The average Bonchev–Trinajstić information content (AvgIpc) is 2.87. The molecule has 1 aromatic heterocycles. The summed E-state index contributed by atoms with van der Waals surface area (Å²) >= 11 is 0. The molecule has 3 N–H and O–H groups in total. The number of rotatable bonds is 8. The van der Waals surface area contributed by atoms with Crippen LogP contribution < -0.4 is 21.3 Å². The van der Waals surface area contributed by atoms with Crippen molar-refractivity contribution in [2.75, 3.05) is 0 Å². The summed E-state index contributed by atoms with van der Waals surface area (Å²) < 4.78 is 6.16. The molecule has 35 heavy (non-hydrogen) atoms. The summed E-state index contributed by atoms with van der Waals surface area (Å²) in [5.41, 5.74) is -0.233. The molecule has 0 spiro atoms. The Balaban J connectivity index is 1.53. The van der Waals surface area contributed by atoms with Crippen LogP contribution in [0.2, 0.25) is 0 Å². The lowest BCUT2D eigenvalue weighted by atomic mass is 9.82. The Bertz CT molecular complexity index is 1290. The standard InChI is InChI=1S/C26H27N3O6/c30-21(31)15-29-25(33)23(35-16-17-7-3-1-4-8-17)22(28-26(29)34)24(32)27-20-13-11-19(12-14-20)18-9-5-2-6-10-18/h1-10,19-20H,11-16H2,(H,27,32)(H,28,34)(H,30,31). The number of carbonyl (C=O) groups is 2.